The van der Waals surface area contributed by atoms with Gasteiger partial charge in [-0.1, -0.05) is 30.3 Å². The summed E-state index contributed by atoms with van der Waals surface area (Å²) in [6.45, 7) is 0. The van der Waals surface area contributed by atoms with Crippen molar-refractivity contribution in [3.05, 3.63) is 35.9 Å². The van der Waals surface area contributed by atoms with Crippen molar-refractivity contribution < 1.29 is 13.2 Å². The van der Waals surface area contributed by atoms with E-state index < -0.39 is 14.8 Å². The van der Waals surface area contributed by atoms with Crippen LogP contribution in [-0.4, -0.2) is 19.1 Å². The summed E-state index contributed by atoms with van der Waals surface area (Å²) in [4.78, 5) is 11.7. The third-order valence-corrected chi connectivity index (χ3v) is 6.09. The average Bonchev–Trinajstić information content (AvgIpc) is 3.24. The molecule has 4 nitrogen and oxygen atoms in total. The lowest BCUT2D eigenvalue weighted by molar-refractivity contribution is -0.120. The van der Waals surface area contributed by atoms with Crippen LogP contribution in [0.3, 0.4) is 0 Å². The van der Waals surface area contributed by atoms with Crippen LogP contribution in [0, 0.1) is 5.92 Å². The Morgan fingerprint density at radius 1 is 1.21 bits per heavy atom. The third-order valence-electron chi connectivity index (χ3n) is 3.93. The molecule has 2 fully saturated rings. The molecule has 1 N–H and O–H groups in total. The zero-order chi connectivity index (χ0) is 13.5. The monoisotopic (exact) mass is 279 g/mol. The number of rotatable bonds is 5. The number of amides is 1. The lowest BCUT2D eigenvalue weighted by atomic mass is 10.1. The van der Waals surface area contributed by atoms with Gasteiger partial charge >= 0.3 is 0 Å². The molecule has 2 aliphatic rings. The lowest BCUT2D eigenvalue weighted by Gasteiger charge is -2.17. The van der Waals surface area contributed by atoms with E-state index in [-0.39, 0.29) is 11.8 Å². The van der Waals surface area contributed by atoms with Crippen LogP contribution in [0.25, 0.3) is 0 Å². The molecule has 0 radical (unpaired) electrons. The van der Waals surface area contributed by atoms with Crippen molar-refractivity contribution in [1.82, 2.24) is 4.72 Å². The Morgan fingerprint density at radius 3 is 2.37 bits per heavy atom. The van der Waals surface area contributed by atoms with Crippen LogP contribution in [0.5, 0.6) is 0 Å². The maximum atomic E-state index is 12.3. The van der Waals surface area contributed by atoms with Crippen LogP contribution >= 0.6 is 0 Å². The van der Waals surface area contributed by atoms with Gasteiger partial charge in [0.05, 0.1) is 4.75 Å². The van der Waals surface area contributed by atoms with Gasteiger partial charge in [0.1, 0.15) is 0 Å². The Bertz CT molecular complexity index is 586. The van der Waals surface area contributed by atoms with Gasteiger partial charge in [-0.05, 0) is 37.7 Å². The Balaban J connectivity index is 1.74. The predicted molar refractivity (Wildman–Crippen MR) is 71.9 cm³/mol. The molecule has 0 aliphatic heterocycles. The normalized spacial score (nSPS) is 20.8. The number of carbonyl (C=O) groups is 1. The van der Waals surface area contributed by atoms with E-state index in [0.717, 1.165) is 18.4 Å². The molecule has 0 aromatic heterocycles. The average molecular weight is 279 g/mol. The SMILES string of the molecule is O=C(NS(=O)(=O)C1(Cc2ccccc2)CC1)C1CC1. The van der Waals surface area contributed by atoms with Gasteiger partial charge in [-0.25, -0.2) is 8.42 Å². The first kappa shape index (κ1) is 12.7. The highest BCUT2D eigenvalue weighted by atomic mass is 32.2. The highest BCUT2D eigenvalue weighted by Crippen LogP contribution is 2.46. The van der Waals surface area contributed by atoms with Crippen LogP contribution in [0.2, 0.25) is 0 Å². The zero-order valence-corrected chi connectivity index (χ0v) is 11.4. The molecule has 19 heavy (non-hydrogen) atoms. The molecule has 0 unspecified atom stereocenters. The van der Waals surface area contributed by atoms with Gasteiger partial charge in [0.25, 0.3) is 0 Å². The first-order valence-corrected chi connectivity index (χ1v) is 8.11. The minimum Gasteiger partial charge on any atom is -0.274 e. The van der Waals surface area contributed by atoms with E-state index in [1.807, 2.05) is 30.3 Å². The third kappa shape index (κ3) is 2.52. The largest absolute Gasteiger partial charge is 0.274 e. The van der Waals surface area contributed by atoms with Crippen LogP contribution in [-0.2, 0) is 21.2 Å². The van der Waals surface area contributed by atoms with Crippen LogP contribution in [0.4, 0.5) is 0 Å². The Labute approximate surface area is 113 Å². The number of carbonyl (C=O) groups excluding carboxylic acids is 1. The maximum Gasteiger partial charge on any atom is 0.240 e. The number of benzene rings is 1. The number of hydrogen-bond acceptors (Lipinski definition) is 3. The molecule has 3 rings (SSSR count). The molecule has 0 bridgehead atoms. The first-order valence-electron chi connectivity index (χ1n) is 6.63. The van der Waals surface area contributed by atoms with E-state index in [1.165, 1.54) is 0 Å². The molecule has 5 heteroatoms. The highest BCUT2D eigenvalue weighted by Gasteiger charge is 2.55. The molecule has 102 valence electrons. The van der Waals surface area contributed by atoms with Gasteiger partial charge in [-0.3, -0.25) is 9.52 Å². The second-order valence-corrected chi connectivity index (χ2v) is 7.67. The van der Waals surface area contributed by atoms with Crippen LogP contribution < -0.4 is 4.72 Å². The van der Waals surface area contributed by atoms with Gasteiger partial charge in [-0.2, -0.15) is 0 Å². The van der Waals surface area contributed by atoms with E-state index in [2.05, 4.69) is 4.72 Å². The number of sulfonamides is 1. The van der Waals surface area contributed by atoms with Gasteiger partial charge in [-0.15, -0.1) is 0 Å². The van der Waals surface area contributed by atoms with E-state index in [4.69, 9.17) is 0 Å². The highest BCUT2D eigenvalue weighted by molar-refractivity contribution is 7.91. The topological polar surface area (TPSA) is 63.2 Å². The molecule has 2 saturated carbocycles. The van der Waals surface area contributed by atoms with E-state index in [0.29, 0.717) is 19.3 Å². The fraction of sp³-hybridized carbons (Fsp3) is 0.500. The van der Waals surface area contributed by atoms with Gasteiger partial charge in [0.15, 0.2) is 0 Å². The minimum atomic E-state index is -3.55. The molecule has 1 amide bonds. The predicted octanol–water partition coefficient (Wildman–Crippen LogP) is 1.62. The summed E-state index contributed by atoms with van der Waals surface area (Å²) < 4.78 is 26.2. The van der Waals surface area contributed by atoms with Crippen LogP contribution in [0.15, 0.2) is 30.3 Å². The summed E-state index contributed by atoms with van der Waals surface area (Å²) in [6, 6.07) is 9.57. The van der Waals surface area contributed by atoms with Crippen molar-refractivity contribution in [2.45, 2.75) is 36.9 Å². The molecule has 0 spiro atoms. The second-order valence-electron chi connectivity index (χ2n) is 5.59. The van der Waals surface area contributed by atoms with Gasteiger partial charge in [0, 0.05) is 5.92 Å². The molecular weight excluding hydrogens is 262 g/mol. The van der Waals surface area contributed by atoms with Gasteiger partial charge < -0.3 is 0 Å². The number of nitrogens with one attached hydrogen (secondary N) is 1. The fourth-order valence-electron chi connectivity index (χ4n) is 2.32. The van der Waals surface area contributed by atoms with Crippen molar-refractivity contribution in [3.63, 3.8) is 0 Å². The van der Waals surface area contributed by atoms with Crippen molar-refractivity contribution in [2.75, 3.05) is 0 Å². The maximum absolute atomic E-state index is 12.3. The molecule has 0 heterocycles. The molecule has 0 saturated heterocycles. The smallest absolute Gasteiger partial charge is 0.240 e. The molecule has 2 aliphatic carbocycles. The van der Waals surface area contributed by atoms with Crippen molar-refractivity contribution in [1.29, 1.82) is 0 Å². The fourth-order valence-corrected chi connectivity index (χ4v) is 3.96. The first-order chi connectivity index (χ1) is 9.02. The van der Waals surface area contributed by atoms with Crippen molar-refractivity contribution in [3.8, 4) is 0 Å². The standard InChI is InChI=1S/C14H17NO3S/c16-13(12-6-7-12)15-19(17,18)14(8-9-14)10-11-4-2-1-3-5-11/h1-5,12H,6-10H2,(H,15,16). The molecule has 0 atom stereocenters. The van der Waals surface area contributed by atoms with E-state index >= 15 is 0 Å². The summed E-state index contributed by atoms with van der Waals surface area (Å²) in [5.41, 5.74) is 1.00. The zero-order valence-electron chi connectivity index (χ0n) is 10.6. The summed E-state index contributed by atoms with van der Waals surface area (Å²) in [7, 11) is -3.55. The summed E-state index contributed by atoms with van der Waals surface area (Å²) in [6.07, 6.45) is 3.38. The summed E-state index contributed by atoms with van der Waals surface area (Å²) in [5, 5.41) is 0. The molecule has 1 aromatic carbocycles. The van der Waals surface area contributed by atoms with E-state index in [1.54, 1.807) is 0 Å². The quantitative estimate of drug-likeness (QED) is 0.890. The molecule has 1 aromatic rings. The molecular formula is C14H17NO3S. The summed E-state index contributed by atoms with van der Waals surface area (Å²) in [5.74, 6) is -0.401. The minimum absolute atomic E-state index is 0.0812. The second kappa shape index (κ2) is 4.34. The summed E-state index contributed by atoms with van der Waals surface area (Å²) >= 11 is 0. The Hall–Kier alpha value is -1.36. The van der Waals surface area contributed by atoms with Gasteiger partial charge in [0.2, 0.25) is 15.9 Å². The van der Waals surface area contributed by atoms with Crippen LogP contribution in [0.1, 0.15) is 31.2 Å². The van der Waals surface area contributed by atoms with E-state index in [9.17, 15) is 13.2 Å². The lowest BCUT2D eigenvalue weighted by Crippen LogP contribution is -2.41. The van der Waals surface area contributed by atoms with Crippen molar-refractivity contribution >= 4 is 15.9 Å². The van der Waals surface area contributed by atoms with Crippen molar-refractivity contribution in [2.24, 2.45) is 5.92 Å². The Morgan fingerprint density at radius 2 is 1.84 bits per heavy atom. The Kier molecular flexibility index (Phi) is 2.89. The number of hydrogen-bond donors (Lipinski definition) is 1.